The molecule has 0 aromatic heterocycles. The number of hydrogen-bond acceptors (Lipinski definition) is 6. The van der Waals surface area contributed by atoms with Gasteiger partial charge in [-0.05, 0) is 47.4 Å². The zero-order valence-electron chi connectivity index (χ0n) is 13.5. The standard InChI is InChI=1S/C17H16BFO6/c1-22-12-2-4-13(5-3-12)23-6-7-24-17(20)14-9-15-11(8-16(14)19)10-25-18(15)21/h2-5,8-9,21H,6-7,10H2,1H3. The van der Waals surface area contributed by atoms with Gasteiger partial charge in [0.05, 0.1) is 19.3 Å². The molecule has 1 aliphatic rings. The minimum Gasteiger partial charge on any atom is -0.497 e. The maximum absolute atomic E-state index is 14.0. The normalized spacial score (nSPS) is 12.7. The van der Waals surface area contributed by atoms with Crippen LogP contribution < -0.4 is 14.9 Å². The summed E-state index contributed by atoms with van der Waals surface area (Å²) in [5, 5.41) is 9.63. The van der Waals surface area contributed by atoms with Crippen molar-refractivity contribution < 1.29 is 33.1 Å². The van der Waals surface area contributed by atoms with Crippen molar-refractivity contribution in [1.82, 2.24) is 0 Å². The van der Waals surface area contributed by atoms with Gasteiger partial charge in [0.25, 0.3) is 0 Å². The van der Waals surface area contributed by atoms with Crippen LogP contribution in [0.2, 0.25) is 0 Å². The largest absolute Gasteiger partial charge is 0.497 e. The Labute approximate surface area is 144 Å². The van der Waals surface area contributed by atoms with Crippen molar-refractivity contribution in [3.63, 3.8) is 0 Å². The van der Waals surface area contributed by atoms with Crippen molar-refractivity contribution >= 4 is 18.6 Å². The molecular formula is C17H16BFO6. The molecule has 130 valence electrons. The lowest BCUT2D eigenvalue weighted by molar-refractivity contribution is 0.0445. The summed E-state index contributed by atoms with van der Waals surface area (Å²) in [6.45, 7) is 0.190. The second-order valence-corrected chi connectivity index (χ2v) is 5.35. The molecule has 0 bridgehead atoms. The Morgan fingerprint density at radius 2 is 1.96 bits per heavy atom. The molecule has 0 saturated carbocycles. The summed E-state index contributed by atoms with van der Waals surface area (Å²) in [5.41, 5.74) is 0.653. The second-order valence-electron chi connectivity index (χ2n) is 5.35. The Kier molecular flexibility index (Phi) is 5.21. The van der Waals surface area contributed by atoms with Crippen molar-refractivity contribution in [3.8, 4) is 11.5 Å². The molecule has 0 spiro atoms. The number of benzene rings is 2. The first-order valence-electron chi connectivity index (χ1n) is 7.64. The van der Waals surface area contributed by atoms with Gasteiger partial charge in [-0.15, -0.1) is 0 Å². The molecule has 0 saturated heterocycles. The van der Waals surface area contributed by atoms with Crippen LogP contribution in [0.3, 0.4) is 0 Å². The van der Waals surface area contributed by atoms with Crippen LogP contribution in [0.5, 0.6) is 11.5 Å². The lowest BCUT2D eigenvalue weighted by Crippen LogP contribution is -2.29. The van der Waals surface area contributed by atoms with E-state index in [1.807, 2.05) is 0 Å². The summed E-state index contributed by atoms with van der Waals surface area (Å²) in [6.07, 6.45) is 0. The van der Waals surface area contributed by atoms with E-state index < -0.39 is 18.9 Å². The number of methoxy groups -OCH3 is 1. The van der Waals surface area contributed by atoms with E-state index in [1.54, 1.807) is 31.4 Å². The molecule has 2 aromatic carbocycles. The third-order valence-corrected chi connectivity index (χ3v) is 3.76. The fraction of sp³-hybridized carbons (Fsp3) is 0.235. The summed E-state index contributed by atoms with van der Waals surface area (Å²) in [6, 6.07) is 9.37. The molecule has 0 atom stereocenters. The van der Waals surface area contributed by atoms with Crippen molar-refractivity contribution in [1.29, 1.82) is 0 Å². The van der Waals surface area contributed by atoms with E-state index in [-0.39, 0.29) is 25.4 Å². The first-order valence-corrected chi connectivity index (χ1v) is 7.64. The maximum Gasteiger partial charge on any atom is 0.491 e. The number of rotatable bonds is 6. The topological polar surface area (TPSA) is 74.2 Å². The first kappa shape index (κ1) is 17.3. The maximum atomic E-state index is 14.0. The summed E-state index contributed by atoms with van der Waals surface area (Å²) in [5.74, 6) is -0.229. The summed E-state index contributed by atoms with van der Waals surface area (Å²) >= 11 is 0. The van der Waals surface area contributed by atoms with Gasteiger partial charge in [0.2, 0.25) is 0 Å². The van der Waals surface area contributed by atoms with Gasteiger partial charge in [-0.25, -0.2) is 9.18 Å². The lowest BCUT2D eigenvalue weighted by Gasteiger charge is -2.09. The summed E-state index contributed by atoms with van der Waals surface area (Å²) in [4.78, 5) is 12.0. The smallest absolute Gasteiger partial charge is 0.491 e. The Hall–Kier alpha value is -2.58. The number of esters is 1. The third kappa shape index (κ3) is 3.92. The van der Waals surface area contributed by atoms with Gasteiger partial charge in [0.1, 0.15) is 30.5 Å². The van der Waals surface area contributed by atoms with Crippen molar-refractivity contribution in [2.24, 2.45) is 0 Å². The quantitative estimate of drug-likeness (QED) is 0.483. The number of fused-ring (bicyclic) bond motifs is 1. The van der Waals surface area contributed by atoms with Crippen LogP contribution >= 0.6 is 0 Å². The molecule has 0 fully saturated rings. The molecule has 8 heteroatoms. The minimum absolute atomic E-state index is 0.0412. The van der Waals surface area contributed by atoms with E-state index in [2.05, 4.69) is 0 Å². The van der Waals surface area contributed by atoms with E-state index in [0.717, 1.165) is 0 Å². The van der Waals surface area contributed by atoms with E-state index >= 15 is 0 Å². The molecule has 25 heavy (non-hydrogen) atoms. The molecule has 6 nitrogen and oxygen atoms in total. The number of halogens is 1. The highest BCUT2D eigenvalue weighted by atomic mass is 19.1. The second kappa shape index (κ2) is 7.54. The van der Waals surface area contributed by atoms with Crippen LogP contribution in [-0.2, 0) is 16.0 Å². The van der Waals surface area contributed by atoms with Crippen molar-refractivity contribution in [2.75, 3.05) is 20.3 Å². The van der Waals surface area contributed by atoms with Gasteiger partial charge in [-0.3, -0.25) is 0 Å². The van der Waals surface area contributed by atoms with Gasteiger partial charge in [-0.1, -0.05) is 0 Å². The minimum atomic E-state index is -1.15. The zero-order valence-corrected chi connectivity index (χ0v) is 13.5. The molecule has 0 unspecified atom stereocenters. The highest BCUT2D eigenvalue weighted by Crippen LogP contribution is 2.18. The molecule has 2 aromatic rings. The van der Waals surface area contributed by atoms with Crippen molar-refractivity contribution in [2.45, 2.75) is 6.61 Å². The Morgan fingerprint density at radius 3 is 2.68 bits per heavy atom. The van der Waals surface area contributed by atoms with Crippen LogP contribution in [0.15, 0.2) is 36.4 Å². The molecule has 3 rings (SSSR count). The molecule has 1 aliphatic heterocycles. The van der Waals surface area contributed by atoms with E-state index in [1.165, 1.54) is 12.1 Å². The van der Waals surface area contributed by atoms with Crippen molar-refractivity contribution in [3.05, 3.63) is 53.3 Å². The average molecular weight is 346 g/mol. The van der Waals surface area contributed by atoms with Gasteiger partial charge in [-0.2, -0.15) is 0 Å². The van der Waals surface area contributed by atoms with E-state index in [0.29, 0.717) is 22.5 Å². The van der Waals surface area contributed by atoms with Crippen LogP contribution in [-0.4, -0.2) is 38.4 Å². The van der Waals surface area contributed by atoms with Crippen LogP contribution in [0.4, 0.5) is 4.39 Å². The molecule has 0 aliphatic carbocycles. The number of hydrogen-bond donors (Lipinski definition) is 1. The fourth-order valence-corrected chi connectivity index (χ4v) is 2.44. The van der Waals surface area contributed by atoms with E-state index in [4.69, 9.17) is 18.9 Å². The Bertz CT molecular complexity index is 764. The molecule has 1 heterocycles. The van der Waals surface area contributed by atoms with Gasteiger partial charge in [0, 0.05) is 0 Å². The fourth-order valence-electron chi connectivity index (χ4n) is 2.44. The molecule has 0 radical (unpaired) electrons. The van der Waals surface area contributed by atoms with Gasteiger partial charge < -0.3 is 23.9 Å². The molecule has 0 amide bonds. The highest BCUT2D eigenvalue weighted by Gasteiger charge is 2.30. The zero-order chi connectivity index (χ0) is 17.8. The number of carbonyl (C=O) groups is 1. The highest BCUT2D eigenvalue weighted by molar-refractivity contribution is 6.61. The number of ether oxygens (including phenoxy) is 3. The monoisotopic (exact) mass is 346 g/mol. The van der Waals surface area contributed by atoms with Crippen LogP contribution in [0.1, 0.15) is 15.9 Å². The first-order chi connectivity index (χ1) is 12.1. The van der Waals surface area contributed by atoms with Gasteiger partial charge in [0.15, 0.2) is 0 Å². The van der Waals surface area contributed by atoms with Crippen LogP contribution in [0, 0.1) is 5.82 Å². The third-order valence-electron chi connectivity index (χ3n) is 3.76. The summed E-state index contributed by atoms with van der Waals surface area (Å²) < 4.78 is 34.5. The van der Waals surface area contributed by atoms with E-state index in [9.17, 15) is 14.2 Å². The van der Waals surface area contributed by atoms with Crippen LogP contribution in [0.25, 0.3) is 0 Å². The number of carbonyl (C=O) groups excluding carboxylic acids is 1. The SMILES string of the molecule is COc1ccc(OCCOC(=O)c2cc3c(cc2F)COB3O)cc1. The predicted octanol–water partition coefficient (Wildman–Crippen LogP) is 1.29. The Morgan fingerprint density at radius 1 is 1.24 bits per heavy atom. The molecular weight excluding hydrogens is 330 g/mol. The molecule has 1 N–H and O–H groups in total. The average Bonchev–Trinajstić information content (AvgIpc) is 2.98. The Balaban J connectivity index is 1.53. The van der Waals surface area contributed by atoms with Gasteiger partial charge >= 0.3 is 13.1 Å². The summed E-state index contributed by atoms with van der Waals surface area (Å²) in [7, 11) is 0.416. The lowest BCUT2D eigenvalue weighted by atomic mass is 9.78. The predicted molar refractivity (Wildman–Crippen MR) is 87.6 cm³/mol.